The van der Waals surface area contributed by atoms with Crippen molar-refractivity contribution in [1.29, 1.82) is 0 Å². The number of benzene rings is 1. The molecule has 1 amide bonds. The van der Waals surface area contributed by atoms with Crippen LogP contribution < -0.4 is 5.32 Å². The van der Waals surface area contributed by atoms with E-state index < -0.39 is 46.5 Å². The van der Waals surface area contributed by atoms with Crippen molar-refractivity contribution >= 4 is 11.9 Å². The number of carbonyl (C=O) groups is 2. The Hall–Kier alpha value is -2.26. The van der Waals surface area contributed by atoms with E-state index in [1.165, 1.54) is 13.8 Å². The normalized spacial score (nSPS) is 12.7. The monoisotopic (exact) mass is 357 g/mol. The molecule has 0 atom stereocenters. The number of halogens is 6. The molecule has 1 aromatic rings. The fourth-order valence-corrected chi connectivity index (χ4v) is 1.75. The van der Waals surface area contributed by atoms with Gasteiger partial charge in [-0.15, -0.1) is 0 Å². The predicted molar refractivity (Wildman–Crippen MR) is 70.0 cm³/mol. The largest absolute Gasteiger partial charge is 0.467 e. The SMILES string of the molecule is COC(=O)C(C)(C)NC(=O)c1cc(C(F)(F)F)cc(C(F)(F)F)c1. The number of esters is 1. The molecule has 10 heteroatoms. The third-order valence-corrected chi connectivity index (χ3v) is 2.97. The maximum atomic E-state index is 12.7. The van der Waals surface area contributed by atoms with E-state index in [1.54, 1.807) is 0 Å². The van der Waals surface area contributed by atoms with Crippen molar-refractivity contribution in [2.24, 2.45) is 0 Å². The standard InChI is InChI=1S/C14H13F6NO3/c1-12(2,11(23)24-3)21-10(22)7-4-8(13(15,16)17)6-9(5-7)14(18,19)20/h4-6H,1-3H3,(H,21,22). The lowest BCUT2D eigenvalue weighted by Gasteiger charge is -2.23. The zero-order valence-corrected chi connectivity index (χ0v) is 12.7. The van der Waals surface area contributed by atoms with Crippen LogP contribution in [0.5, 0.6) is 0 Å². The smallest absolute Gasteiger partial charge is 0.416 e. The van der Waals surface area contributed by atoms with Crippen molar-refractivity contribution in [1.82, 2.24) is 5.32 Å². The number of nitrogens with one attached hydrogen (secondary N) is 1. The van der Waals surface area contributed by atoms with Gasteiger partial charge < -0.3 is 10.1 Å². The molecule has 0 fully saturated rings. The fraction of sp³-hybridized carbons (Fsp3) is 0.429. The van der Waals surface area contributed by atoms with Crippen LogP contribution in [-0.2, 0) is 21.9 Å². The van der Waals surface area contributed by atoms with Gasteiger partial charge in [0.25, 0.3) is 5.91 Å². The van der Waals surface area contributed by atoms with Crippen LogP contribution >= 0.6 is 0 Å². The van der Waals surface area contributed by atoms with Gasteiger partial charge in [-0.3, -0.25) is 4.79 Å². The van der Waals surface area contributed by atoms with E-state index in [2.05, 4.69) is 4.74 Å². The molecule has 1 aromatic carbocycles. The Balaban J connectivity index is 3.33. The minimum Gasteiger partial charge on any atom is -0.467 e. The molecule has 0 aromatic heterocycles. The third-order valence-electron chi connectivity index (χ3n) is 2.97. The first-order valence-corrected chi connectivity index (χ1v) is 6.39. The quantitative estimate of drug-likeness (QED) is 0.666. The lowest BCUT2D eigenvalue weighted by atomic mass is 10.0. The van der Waals surface area contributed by atoms with Crippen molar-refractivity contribution in [2.45, 2.75) is 31.7 Å². The van der Waals surface area contributed by atoms with Crippen molar-refractivity contribution in [3.63, 3.8) is 0 Å². The number of methoxy groups -OCH3 is 1. The molecular formula is C14H13F6NO3. The molecule has 0 radical (unpaired) electrons. The van der Waals surface area contributed by atoms with Gasteiger partial charge in [-0.05, 0) is 32.0 Å². The van der Waals surface area contributed by atoms with E-state index in [1.807, 2.05) is 5.32 Å². The molecule has 0 saturated heterocycles. The third kappa shape index (κ3) is 4.62. The fourth-order valence-electron chi connectivity index (χ4n) is 1.75. The highest BCUT2D eigenvalue weighted by molar-refractivity contribution is 5.98. The highest BCUT2D eigenvalue weighted by Crippen LogP contribution is 2.36. The maximum Gasteiger partial charge on any atom is 0.416 e. The summed E-state index contributed by atoms with van der Waals surface area (Å²) in [6.07, 6.45) is -10.2. The summed E-state index contributed by atoms with van der Waals surface area (Å²) in [4.78, 5) is 23.4. The van der Waals surface area contributed by atoms with Crippen LogP contribution in [0.25, 0.3) is 0 Å². The molecule has 0 aliphatic heterocycles. The second-order valence-electron chi connectivity index (χ2n) is 5.37. The van der Waals surface area contributed by atoms with E-state index in [0.717, 1.165) is 7.11 Å². The first kappa shape index (κ1) is 19.8. The summed E-state index contributed by atoms with van der Waals surface area (Å²) in [5.41, 5.74) is -5.77. The molecule has 1 rings (SSSR count). The molecular weight excluding hydrogens is 344 g/mol. The topological polar surface area (TPSA) is 55.4 Å². The number of alkyl halides is 6. The van der Waals surface area contributed by atoms with Crippen molar-refractivity contribution < 1.29 is 40.7 Å². The van der Waals surface area contributed by atoms with Crippen LogP contribution in [-0.4, -0.2) is 24.5 Å². The van der Waals surface area contributed by atoms with Crippen molar-refractivity contribution in [3.05, 3.63) is 34.9 Å². The molecule has 0 unspecified atom stereocenters. The van der Waals surface area contributed by atoms with E-state index in [0.29, 0.717) is 0 Å². The molecule has 0 spiro atoms. The molecule has 0 aliphatic rings. The van der Waals surface area contributed by atoms with E-state index >= 15 is 0 Å². The van der Waals surface area contributed by atoms with Gasteiger partial charge in [0, 0.05) is 5.56 Å². The Bertz CT molecular complexity index is 617. The summed E-state index contributed by atoms with van der Waals surface area (Å²) in [7, 11) is 1.02. The molecule has 0 bridgehead atoms. The lowest BCUT2D eigenvalue weighted by molar-refractivity contribution is -0.147. The van der Waals surface area contributed by atoms with Crippen molar-refractivity contribution in [3.8, 4) is 0 Å². The van der Waals surface area contributed by atoms with Gasteiger partial charge >= 0.3 is 18.3 Å². The Labute approximate surface area is 132 Å². The van der Waals surface area contributed by atoms with E-state index in [-0.39, 0.29) is 18.2 Å². The zero-order chi connectivity index (χ0) is 18.9. The highest BCUT2D eigenvalue weighted by Gasteiger charge is 2.38. The second kappa shape index (κ2) is 6.33. The predicted octanol–water partition coefficient (Wildman–Crippen LogP) is 3.41. The average molecular weight is 357 g/mol. The summed E-state index contributed by atoms with van der Waals surface area (Å²) >= 11 is 0. The Morgan fingerprint density at radius 3 is 1.67 bits per heavy atom. The molecule has 134 valence electrons. The van der Waals surface area contributed by atoms with Gasteiger partial charge in [0.05, 0.1) is 18.2 Å². The van der Waals surface area contributed by atoms with Crippen LogP contribution in [0, 0.1) is 0 Å². The summed E-state index contributed by atoms with van der Waals surface area (Å²) in [5, 5.41) is 2.03. The first-order valence-electron chi connectivity index (χ1n) is 6.39. The summed E-state index contributed by atoms with van der Waals surface area (Å²) in [5.74, 6) is -2.19. The number of rotatable bonds is 3. The lowest BCUT2D eigenvalue weighted by Crippen LogP contribution is -2.50. The Morgan fingerprint density at radius 2 is 1.33 bits per heavy atom. The number of ether oxygens (including phenoxy) is 1. The molecule has 0 saturated carbocycles. The van der Waals surface area contributed by atoms with Crippen LogP contribution in [0.4, 0.5) is 26.3 Å². The number of amides is 1. The van der Waals surface area contributed by atoms with Crippen LogP contribution in [0.2, 0.25) is 0 Å². The van der Waals surface area contributed by atoms with Gasteiger partial charge in [-0.2, -0.15) is 26.3 Å². The minimum atomic E-state index is -5.08. The molecule has 0 heterocycles. The minimum absolute atomic E-state index is 0.0950. The summed E-state index contributed by atoms with van der Waals surface area (Å²) < 4.78 is 80.9. The van der Waals surface area contributed by atoms with Gasteiger partial charge in [-0.1, -0.05) is 0 Å². The van der Waals surface area contributed by atoms with E-state index in [4.69, 9.17) is 0 Å². The molecule has 24 heavy (non-hydrogen) atoms. The summed E-state index contributed by atoms with van der Waals surface area (Å²) in [6.45, 7) is 2.38. The van der Waals surface area contributed by atoms with E-state index in [9.17, 15) is 35.9 Å². The molecule has 1 N–H and O–H groups in total. The van der Waals surface area contributed by atoms with Gasteiger partial charge in [0.15, 0.2) is 0 Å². The second-order valence-corrected chi connectivity index (χ2v) is 5.37. The van der Waals surface area contributed by atoms with Crippen LogP contribution in [0.1, 0.15) is 35.3 Å². The number of hydrogen-bond acceptors (Lipinski definition) is 3. The van der Waals surface area contributed by atoms with Gasteiger partial charge in [-0.25, -0.2) is 4.79 Å². The van der Waals surface area contributed by atoms with Gasteiger partial charge in [0.1, 0.15) is 5.54 Å². The van der Waals surface area contributed by atoms with Gasteiger partial charge in [0.2, 0.25) is 0 Å². The Morgan fingerprint density at radius 1 is 0.917 bits per heavy atom. The number of carbonyl (C=O) groups excluding carboxylic acids is 2. The average Bonchev–Trinajstić information content (AvgIpc) is 2.43. The Kier molecular flexibility index (Phi) is 5.22. The summed E-state index contributed by atoms with van der Waals surface area (Å²) in [6, 6.07) is 0.456. The van der Waals surface area contributed by atoms with Crippen LogP contribution in [0.15, 0.2) is 18.2 Å². The van der Waals surface area contributed by atoms with Crippen LogP contribution in [0.3, 0.4) is 0 Å². The molecule has 0 aliphatic carbocycles. The molecule has 4 nitrogen and oxygen atoms in total. The number of hydrogen-bond donors (Lipinski definition) is 1. The highest BCUT2D eigenvalue weighted by atomic mass is 19.4. The zero-order valence-electron chi connectivity index (χ0n) is 12.7. The first-order chi connectivity index (χ1) is 10.7. The maximum absolute atomic E-state index is 12.7. The van der Waals surface area contributed by atoms with Crippen molar-refractivity contribution in [2.75, 3.05) is 7.11 Å².